The van der Waals surface area contributed by atoms with Gasteiger partial charge in [0.15, 0.2) is 0 Å². The van der Waals surface area contributed by atoms with Crippen molar-refractivity contribution in [3.8, 4) is 0 Å². The van der Waals surface area contributed by atoms with E-state index in [1.165, 1.54) is 15.8 Å². The Kier molecular flexibility index (Phi) is 4.03. The summed E-state index contributed by atoms with van der Waals surface area (Å²) in [7, 11) is 0. The molecule has 2 amide bonds. The molecule has 0 radical (unpaired) electrons. The molecule has 1 aliphatic rings. The molecule has 1 atom stereocenters. The molecule has 6 heteroatoms. The van der Waals surface area contributed by atoms with E-state index >= 15 is 0 Å². The van der Waals surface area contributed by atoms with Crippen molar-refractivity contribution >= 4 is 28.4 Å². The van der Waals surface area contributed by atoms with Gasteiger partial charge in [0.2, 0.25) is 5.91 Å². The highest BCUT2D eigenvalue weighted by Crippen LogP contribution is 2.22. The third-order valence-corrected chi connectivity index (χ3v) is 4.53. The lowest BCUT2D eigenvalue weighted by Crippen LogP contribution is -2.39. The van der Waals surface area contributed by atoms with Crippen LogP contribution in [0.2, 0.25) is 0 Å². The maximum absolute atomic E-state index is 12.5. The van der Waals surface area contributed by atoms with Gasteiger partial charge >= 0.3 is 0 Å². The van der Waals surface area contributed by atoms with Gasteiger partial charge in [-0.15, -0.1) is 0 Å². The van der Waals surface area contributed by atoms with Crippen LogP contribution in [0.1, 0.15) is 12.0 Å². The summed E-state index contributed by atoms with van der Waals surface area (Å²) in [6.45, 7) is 0.635. The van der Waals surface area contributed by atoms with Crippen molar-refractivity contribution in [1.29, 1.82) is 0 Å². The number of aromatic nitrogens is 2. The Labute approximate surface area is 144 Å². The SMILES string of the molecule is O=C1CC(NCCc2c[nH]c3ccccc23)C(=O)N1c1ccncc1. The van der Waals surface area contributed by atoms with Crippen LogP contribution in [-0.4, -0.2) is 34.4 Å². The summed E-state index contributed by atoms with van der Waals surface area (Å²) in [5.41, 5.74) is 2.88. The van der Waals surface area contributed by atoms with Gasteiger partial charge in [0.1, 0.15) is 0 Å². The molecular formula is C19H18N4O2. The minimum atomic E-state index is -0.467. The molecule has 6 nitrogen and oxygen atoms in total. The molecular weight excluding hydrogens is 316 g/mol. The molecule has 1 saturated heterocycles. The lowest BCUT2D eigenvalue weighted by molar-refractivity contribution is -0.121. The van der Waals surface area contributed by atoms with E-state index in [0.29, 0.717) is 12.2 Å². The van der Waals surface area contributed by atoms with Gasteiger partial charge in [0.25, 0.3) is 5.91 Å². The monoisotopic (exact) mass is 334 g/mol. The smallest absolute Gasteiger partial charge is 0.251 e. The molecule has 1 fully saturated rings. The van der Waals surface area contributed by atoms with Gasteiger partial charge in [-0.1, -0.05) is 18.2 Å². The highest BCUT2D eigenvalue weighted by atomic mass is 16.2. The van der Waals surface area contributed by atoms with Crippen molar-refractivity contribution < 1.29 is 9.59 Å². The number of hydrogen-bond acceptors (Lipinski definition) is 4. The number of imide groups is 1. The fourth-order valence-electron chi connectivity index (χ4n) is 3.28. The van der Waals surface area contributed by atoms with E-state index in [9.17, 15) is 9.59 Å². The second kappa shape index (κ2) is 6.49. The first-order chi connectivity index (χ1) is 12.2. The molecule has 3 aromatic rings. The number of amides is 2. The first-order valence-corrected chi connectivity index (χ1v) is 8.29. The van der Waals surface area contributed by atoms with Crippen LogP contribution in [0.25, 0.3) is 10.9 Å². The van der Waals surface area contributed by atoms with E-state index in [2.05, 4.69) is 21.4 Å². The molecule has 4 rings (SSSR count). The molecule has 2 aromatic heterocycles. The zero-order valence-electron chi connectivity index (χ0n) is 13.6. The average molecular weight is 334 g/mol. The van der Waals surface area contributed by atoms with E-state index in [0.717, 1.165) is 11.9 Å². The number of para-hydroxylation sites is 1. The maximum atomic E-state index is 12.5. The number of hydrogen-bond donors (Lipinski definition) is 2. The molecule has 1 unspecified atom stereocenters. The van der Waals surface area contributed by atoms with Gasteiger partial charge in [0.05, 0.1) is 18.2 Å². The number of nitrogens with one attached hydrogen (secondary N) is 2. The Bertz CT molecular complexity index is 919. The molecule has 0 saturated carbocycles. The Morgan fingerprint density at radius 1 is 1.16 bits per heavy atom. The lowest BCUT2D eigenvalue weighted by Gasteiger charge is -2.15. The quantitative estimate of drug-likeness (QED) is 0.700. The van der Waals surface area contributed by atoms with E-state index in [1.807, 2.05) is 24.4 Å². The number of fused-ring (bicyclic) bond motifs is 1. The molecule has 3 heterocycles. The Hall–Kier alpha value is -2.99. The number of H-pyrrole nitrogens is 1. The Balaban J connectivity index is 1.40. The molecule has 25 heavy (non-hydrogen) atoms. The standard InChI is InChI=1S/C19H18N4O2/c24-18-11-17(19(25)23(18)14-6-8-20-9-7-14)21-10-5-13-12-22-16-4-2-1-3-15(13)16/h1-4,6-9,12,17,21-22H,5,10-11H2. The molecule has 1 aliphatic heterocycles. The zero-order chi connectivity index (χ0) is 17.2. The van der Waals surface area contributed by atoms with Gasteiger partial charge in [-0.25, -0.2) is 4.90 Å². The summed E-state index contributed by atoms with van der Waals surface area (Å²) in [6.07, 6.45) is 6.13. The van der Waals surface area contributed by atoms with Crippen LogP contribution in [0.15, 0.2) is 55.0 Å². The molecule has 0 spiro atoms. The number of carbonyl (C=O) groups is 2. The second-order valence-electron chi connectivity index (χ2n) is 6.09. The van der Waals surface area contributed by atoms with Gasteiger partial charge in [-0.05, 0) is 30.2 Å². The van der Waals surface area contributed by atoms with Gasteiger partial charge in [-0.3, -0.25) is 14.6 Å². The molecule has 126 valence electrons. The van der Waals surface area contributed by atoms with Gasteiger partial charge in [0, 0.05) is 36.0 Å². The maximum Gasteiger partial charge on any atom is 0.251 e. The molecule has 0 aliphatic carbocycles. The number of benzene rings is 1. The predicted octanol–water partition coefficient (Wildman–Crippen LogP) is 2.03. The summed E-state index contributed by atoms with van der Waals surface area (Å²) >= 11 is 0. The summed E-state index contributed by atoms with van der Waals surface area (Å²) in [6, 6.07) is 11.0. The minimum Gasteiger partial charge on any atom is -0.361 e. The third-order valence-electron chi connectivity index (χ3n) is 4.53. The van der Waals surface area contributed by atoms with Crippen molar-refractivity contribution in [3.05, 3.63) is 60.6 Å². The average Bonchev–Trinajstić information content (AvgIpc) is 3.17. The fourth-order valence-corrected chi connectivity index (χ4v) is 3.28. The summed E-state index contributed by atoms with van der Waals surface area (Å²) in [4.78, 5) is 33.1. The van der Waals surface area contributed by atoms with Crippen molar-refractivity contribution in [1.82, 2.24) is 15.3 Å². The predicted molar refractivity (Wildman–Crippen MR) is 95.1 cm³/mol. The second-order valence-corrected chi connectivity index (χ2v) is 6.09. The highest BCUT2D eigenvalue weighted by molar-refractivity contribution is 6.22. The summed E-state index contributed by atoms with van der Waals surface area (Å²) in [5.74, 6) is -0.379. The number of anilines is 1. The van der Waals surface area contributed by atoms with Crippen molar-refractivity contribution in [2.75, 3.05) is 11.4 Å². The Morgan fingerprint density at radius 2 is 1.96 bits per heavy atom. The molecule has 1 aromatic carbocycles. The van der Waals surface area contributed by atoms with Crippen LogP contribution in [0.5, 0.6) is 0 Å². The van der Waals surface area contributed by atoms with Crippen LogP contribution in [0.4, 0.5) is 5.69 Å². The Morgan fingerprint density at radius 3 is 2.80 bits per heavy atom. The van der Waals surface area contributed by atoms with Crippen LogP contribution in [0.3, 0.4) is 0 Å². The molecule has 0 bridgehead atoms. The van der Waals surface area contributed by atoms with Crippen molar-refractivity contribution in [2.45, 2.75) is 18.9 Å². The number of rotatable bonds is 5. The van der Waals surface area contributed by atoms with Crippen LogP contribution in [0, 0.1) is 0 Å². The summed E-state index contributed by atoms with van der Waals surface area (Å²) < 4.78 is 0. The fraction of sp³-hybridized carbons (Fsp3) is 0.211. The zero-order valence-corrected chi connectivity index (χ0v) is 13.6. The van der Waals surface area contributed by atoms with Crippen LogP contribution in [-0.2, 0) is 16.0 Å². The number of carbonyl (C=O) groups excluding carboxylic acids is 2. The van der Waals surface area contributed by atoms with Crippen molar-refractivity contribution in [2.24, 2.45) is 0 Å². The molecule has 2 N–H and O–H groups in total. The van der Waals surface area contributed by atoms with Gasteiger partial charge in [-0.2, -0.15) is 0 Å². The van der Waals surface area contributed by atoms with E-state index in [4.69, 9.17) is 0 Å². The van der Waals surface area contributed by atoms with E-state index < -0.39 is 6.04 Å². The van der Waals surface area contributed by atoms with E-state index in [1.54, 1.807) is 24.5 Å². The number of nitrogens with zero attached hydrogens (tertiary/aromatic N) is 2. The first kappa shape index (κ1) is 15.5. The van der Waals surface area contributed by atoms with Crippen LogP contribution < -0.4 is 10.2 Å². The number of aromatic amines is 1. The lowest BCUT2D eigenvalue weighted by atomic mass is 10.1. The normalized spacial score (nSPS) is 17.6. The van der Waals surface area contributed by atoms with Crippen LogP contribution >= 0.6 is 0 Å². The highest BCUT2D eigenvalue weighted by Gasteiger charge is 2.39. The first-order valence-electron chi connectivity index (χ1n) is 8.29. The third kappa shape index (κ3) is 2.92. The van der Waals surface area contributed by atoms with Gasteiger partial charge < -0.3 is 10.3 Å². The van der Waals surface area contributed by atoms with E-state index in [-0.39, 0.29) is 18.2 Å². The topological polar surface area (TPSA) is 78.1 Å². The largest absolute Gasteiger partial charge is 0.361 e. The minimum absolute atomic E-state index is 0.180. The van der Waals surface area contributed by atoms with Crippen molar-refractivity contribution in [3.63, 3.8) is 0 Å². The summed E-state index contributed by atoms with van der Waals surface area (Å²) in [5, 5.41) is 4.41. The number of pyridine rings is 1.